The van der Waals surface area contributed by atoms with Gasteiger partial charge in [0.2, 0.25) is 0 Å². The summed E-state index contributed by atoms with van der Waals surface area (Å²) in [7, 11) is -1.07. The third-order valence-electron chi connectivity index (χ3n) is 2.57. The van der Waals surface area contributed by atoms with Crippen molar-refractivity contribution in [1.82, 2.24) is 0 Å². The summed E-state index contributed by atoms with van der Waals surface area (Å²) in [4.78, 5) is 4.90. The third kappa shape index (κ3) is 1.49. The predicted molar refractivity (Wildman–Crippen MR) is 66.4 cm³/mol. The van der Waals surface area contributed by atoms with Gasteiger partial charge < -0.3 is 0 Å². The molecule has 3 rings (SSSR count). The van der Waals surface area contributed by atoms with Crippen molar-refractivity contribution in [1.29, 1.82) is 0 Å². The predicted octanol–water partition coefficient (Wildman–Crippen LogP) is 3.13. The zero-order valence-electron chi connectivity index (χ0n) is 8.46. The second-order valence-electron chi connectivity index (χ2n) is 3.58. The molecule has 2 nitrogen and oxygen atoms in total. The van der Waals surface area contributed by atoms with Crippen molar-refractivity contribution in [2.75, 3.05) is 0 Å². The Labute approximate surface area is 96.1 Å². The van der Waals surface area contributed by atoms with Crippen molar-refractivity contribution >= 4 is 22.0 Å². The number of hydrogen-bond acceptors (Lipinski definition) is 2. The number of benzene rings is 2. The molecule has 0 saturated heterocycles. The molecule has 1 atom stereocenters. The maximum Gasteiger partial charge on any atom is 0.0984 e. The Balaban J connectivity index is 2.13. The Morgan fingerprint density at radius 2 is 1.75 bits per heavy atom. The summed E-state index contributed by atoms with van der Waals surface area (Å²) in [5.41, 5.74) is 4.52. The van der Waals surface area contributed by atoms with E-state index in [1.54, 1.807) is 0 Å². The molecule has 0 radical (unpaired) electrons. The van der Waals surface area contributed by atoms with E-state index in [1.807, 2.05) is 48.5 Å². The lowest BCUT2D eigenvalue weighted by Crippen LogP contribution is -1.86. The summed E-state index contributed by atoms with van der Waals surface area (Å²) in [6.07, 6.45) is 0. The van der Waals surface area contributed by atoms with Crippen LogP contribution in [-0.4, -0.2) is 9.76 Å². The molecule has 3 heteroatoms. The van der Waals surface area contributed by atoms with Gasteiger partial charge in [0.25, 0.3) is 0 Å². The first kappa shape index (κ1) is 9.48. The lowest BCUT2D eigenvalue weighted by Gasteiger charge is -2.03. The quantitative estimate of drug-likeness (QED) is 0.736. The van der Waals surface area contributed by atoms with Crippen LogP contribution in [0.4, 0.5) is 5.69 Å². The van der Waals surface area contributed by atoms with Crippen LogP contribution < -0.4 is 0 Å². The Kier molecular flexibility index (Phi) is 2.18. The third-order valence-corrected chi connectivity index (χ3v) is 3.63. The highest BCUT2D eigenvalue weighted by Gasteiger charge is 2.14. The summed E-state index contributed by atoms with van der Waals surface area (Å²) in [5, 5.41) is 0. The van der Waals surface area contributed by atoms with E-state index < -0.39 is 10.8 Å². The van der Waals surface area contributed by atoms with Crippen molar-refractivity contribution < 1.29 is 4.21 Å². The SMILES string of the molecule is O=S1C=Nc2ccc(-c3ccccc3)cc21. The second kappa shape index (κ2) is 3.68. The molecule has 1 unspecified atom stereocenters. The Morgan fingerprint density at radius 1 is 0.938 bits per heavy atom. The zero-order chi connectivity index (χ0) is 11.0. The van der Waals surface area contributed by atoms with Crippen molar-refractivity contribution in [3.8, 4) is 11.1 Å². The summed E-state index contributed by atoms with van der Waals surface area (Å²) in [6, 6.07) is 15.9. The molecule has 2 aromatic carbocycles. The van der Waals surface area contributed by atoms with Gasteiger partial charge in [-0.1, -0.05) is 36.4 Å². The van der Waals surface area contributed by atoms with Crippen LogP contribution in [0.2, 0.25) is 0 Å². The molecule has 16 heavy (non-hydrogen) atoms. The summed E-state index contributed by atoms with van der Waals surface area (Å²) in [6.45, 7) is 0. The largest absolute Gasteiger partial charge is 0.248 e. The molecule has 0 fully saturated rings. The smallest absolute Gasteiger partial charge is 0.0984 e. The number of fused-ring (bicyclic) bond motifs is 1. The van der Waals surface area contributed by atoms with Gasteiger partial charge in [-0.2, -0.15) is 0 Å². The van der Waals surface area contributed by atoms with Crippen LogP contribution in [0.3, 0.4) is 0 Å². The maximum atomic E-state index is 11.6. The van der Waals surface area contributed by atoms with E-state index >= 15 is 0 Å². The fourth-order valence-corrected chi connectivity index (χ4v) is 2.65. The van der Waals surface area contributed by atoms with E-state index in [-0.39, 0.29) is 0 Å². The van der Waals surface area contributed by atoms with Gasteiger partial charge in [0.15, 0.2) is 0 Å². The Bertz CT molecular complexity index is 590. The van der Waals surface area contributed by atoms with Crippen molar-refractivity contribution in [2.45, 2.75) is 4.90 Å². The number of aliphatic imine (C=N–C) groups is 1. The van der Waals surface area contributed by atoms with Crippen LogP contribution in [0.5, 0.6) is 0 Å². The first-order chi connectivity index (χ1) is 7.84. The maximum absolute atomic E-state index is 11.6. The number of hydrogen-bond donors (Lipinski definition) is 0. The van der Waals surface area contributed by atoms with Gasteiger partial charge in [-0.05, 0) is 23.3 Å². The average Bonchev–Trinajstić information content (AvgIpc) is 2.72. The fourth-order valence-electron chi connectivity index (χ4n) is 1.75. The van der Waals surface area contributed by atoms with Gasteiger partial charge in [-0.15, -0.1) is 0 Å². The standard InChI is InChI=1S/C13H9NOS/c15-16-9-14-12-7-6-11(8-13(12)16)10-4-2-1-3-5-10/h1-9H. The molecule has 78 valence electrons. The molecule has 1 aliphatic rings. The molecular weight excluding hydrogens is 218 g/mol. The molecule has 2 aromatic rings. The molecule has 0 N–H and O–H groups in total. The van der Waals surface area contributed by atoms with Crippen LogP contribution in [0, 0.1) is 0 Å². The number of rotatable bonds is 1. The molecule has 1 heterocycles. The van der Waals surface area contributed by atoms with Crippen LogP contribution in [0.25, 0.3) is 11.1 Å². The average molecular weight is 227 g/mol. The van der Waals surface area contributed by atoms with E-state index in [4.69, 9.17) is 0 Å². The zero-order valence-corrected chi connectivity index (χ0v) is 9.28. The minimum Gasteiger partial charge on any atom is -0.248 e. The van der Waals surface area contributed by atoms with Crippen LogP contribution in [0.1, 0.15) is 0 Å². The second-order valence-corrected chi connectivity index (χ2v) is 4.83. The van der Waals surface area contributed by atoms with E-state index in [2.05, 4.69) is 4.99 Å². The highest BCUT2D eigenvalue weighted by molar-refractivity contribution is 7.99. The summed E-state index contributed by atoms with van der Waals surface area (Å²) >= 11 is 0. The molecule has 0 aromatic heterocycles. The Morgan fingerprint density at radius 3 is 2.56 bits per heavy atom. The van der Waals surface area contributed by atoms with Crippen LogP contribution in [0.15, 0.2) is 58.4 Å². The summed E-state index contributed by atoms with van der Waals surface area (Å²) in [5.74, 6) is 0. The number of nitrogens with zero attached hydrogens (tertiary/aromatic N) is 1. The van der Waals surface area contributed by atoms with Crippen LogP contribution >= 0.6 is 0 Å². The van der Waals surface area contributed by atoms with Crippen molar-refractivity contribution in [2.24, 2.45) is 4.99 Å². The van der Waals surface area contributed by atoms with Crippen molar-refractivity contribution in [3.63, 3.8) is 0 Å². The first-order valence-electron chi connectivity index (χ1n) is 4.99. The van der Waals surface area contributed by atoms with E-state index in [0.29, 0.717) is 0 Å². The highest BCUT2D eigenvalue weighted by atomic mass is 32.2. The molecule has 0 bridgehead atoms. The molecule has 0 aliphatic carbocycles. The first-order valence-corrected chi connectivity index (χ1v) is 6.20. The fraction of sp³-hybridized carbons (Fsp3) is 0. The normalized spacial score (nSPS) is 17.4. The molecule has 0 spiro atoms. The van der Waals surface area contributed by atoms with Gasteiger partial charge in [0.05, 0.1) is 26.9 Å². The van der Waals surface area contributed by atoms with Gasteiger partial charge in [-0.25, -0.2) is 9.20 Å². The van der Waals surface area contributed by atoms with Gasteiger partial charge >= 0.3 is 0 Å². The van der Waals surface area contributed by atoms with Gasteiger partial charge in [-0.3, -0.25) is 0 Å². The van der Waals surface area contributed by atoms with Gasteiger partial charge in [0, 0.05) is 0 Å². The summed E-state index contributed by atoms with van der Waals surface area (Å²) < 4.78 is 11.6. The monoisotopic (exact) mass is 227 g/mol. The topological polar surface area (TPSA) is 29.4 Å². The Hall–Kier alpha value is -1.74. The molecule has 0 amide bonds. The molecule has 1 aliphatic heterocycles. The van der Waals surface area contributed by atoms with E-state index in [9.17, 15) is 4.21 Å². The van der Waals surface area contributed by atoms with Crippen LogP contribution in [-0.2, 0) is 10.8 Å². The molecule has 0 saturated carbocycles. The van der Waals surface area contributed by atoms with E-state index in [1.165, 1.54) is 5.55 Å². The van der Waals surface area contributed by atoms with Crippen molar-refractivity contribution in [3.05, 3.63) is 48.5 Å². The highest BCUT2D eigenvalue weighted by Crippen LogP contribution is 2.31. The lowest BCUT2D eigenvalue weighted by atomic mass is 10.1. The molecular formula is C13H9NOS. The lowest BCUT2D eigenvalue weighted by molar-refractivity contribution is 0.691. The van der Waals surface area contributed by atoms with Gasteiger partial charge in [0.1, 0.15) is 0 Å². The minimum absolute atomic E-state index is 0.807. The van der Waals surface area contributed by atoms with E-state index in [0.717, 1.165) is 21.7 Å². The minimum atomic E-state index is -1.07.